The number of carbonyl (C=O) groups is 1. The zero-order chi connectivity index (χ0) is 10.7. The zero-order valence-electron chi connectivity index (χ0n) is 8.78. The van der Waals surface area contributed by atoms with Crippen LogP contribution in [0.5, 0.6) is 0 Å². The molecule has 0 unspecified atom stereocenters. The van der Waals surface area contributed by atoms with E-state index in [9.17, 15) is 4.79 Å². The number of hydrogen-bond acceptors (Lipinski definition) is 2. The van der Waals surface area contributed by atoms with Crippen LogP contribution in [0.15, 0.2) is 24.3 Å². The average Bonchev–Trinajstić information content (AvgIpc) is 2.69. The molecule has 3 heteroatoms. The van der Waals surface area contributed by atoms with Crippen LogP contribution >= 0.6 is 0 Å². The highest BCUT2D eigenvalue weighted by molar-refractivity contribution is 5.77. The predicted octanol–water partition coefficient (Wildman–Crippen LogP) is 1.31. The topological polar surface area (TPSA) is 46.3 Å². The second-order valence-corrected chi connectivity index (χ2v) is 4.01. The molecule has 1 saturated heterocycles. The molecule has 0 bridgehead atoms. The Labute approximate surface area is 89.9 Å². The molecule has 2 N–H and O–H groups in total. The molecule has 1 heterocycles. The van der Waals surface area contributed by atoms with E-state index in [4.69, 9.17) is 5.73 Å². The number of primary amides is 1. The smallest absolute Gasteiger partial charge is 0.221 e. The van der Waals surface area contributed by atoms with E-state index < -0.39 is 0 Å². The summed E-state index contributed by atoms with van der Waals surface area (Å²) in [5, 5.41) is 0. The number of rotatable bonds is 3. The highest BCUT2D eigenvalue weighted by Gasteiger charge is 2.12. The van der Waals surface area contributed by atoms with Gasteiger partial charge in [-0.05, 0) is 30.5 Å². The van der Waals surface area contributed by atoms with Crippen molar-refractivity contribution in [1.29, 1.82) is 0 Å². The van der Waals surface area contributed by atoms with Gasteiger partial charge in [-0.3, -0.25) is 4.79 Å². The van der Waals surface area contributed by atoms with E-state index in [1.807, 2.05) is 12.1 Å². The van der Waals surface area contributed by atoms with E-state index in [1.165, 1.54) is 18.5 Å². The van der Waals surface area contributed by atoms with Gasteiger partial charge in [0, 0.05) is 18.8 Å². The zero-order valence-corrected chi connectivity index (χ0v) is 8.78. The van der Waals surface area contributed by atoms with Crippen molar-refractivity contribution >= 4 is 11.6 Å². The number of anilines is 1. The first-order valence-electron chi connectivity index (χ1n) is 5.38. The molecule has 1 aromatic carbocycles. The van der Waals surface area contributed by atoms with Gasteiger partial charge < -0.3 is 10.6 Å². The summed E-state index contributed by atoms with van der Waals surface area (Å²) in [7, 11) is 0. The van der Waals surface area contributed by atoms with Gasteiger partial charge in [-0.25, -0.2) is 0 Å². The van der Waals surface area contributed by atoms with Crippen LogP contribution in [0.1, 0.15) is 18.4 Å². The first kappa shape index (κ1) is 10.0. The van der Waals surface area contributed by atoms with Crippen molar-refractivity contribution in [3.05, 3.63) is 29.8 Å². The molecule has 15 heavy (non-hydrogen) atoms. The van der Waals surface area contributed by atoms with E-state index in [-0.39, 0.29) is 5.91 Å². The average molecular weight is 204 g/mol. The molecule has 1 aliphatic heterocycles. The molecule has 0 atom stereocenters. The molecule has 1 fully saturated rings. The Kier molecular flexibility index (Phi) is 2.90. The minimum Gasteiger partial charge on any atom is -0.372 e. The summed E-state index contributed by atoms with van der Waals surface area (Å²) in [4.78, 5) is 13.2. The van der Waals surface area contributed by atoms with Crippen LogP contribution in [-0.4, -0.2) is 19.0 Å². The Balaban J connectivity index is 2.14. The number of benzene rings is 1. The van der Waals surface area contributed by atoms with Gasteiger partial charge in [-0.15, -0.1) is 0 Å². The molecule has 1 amide bonds. The molecule has 0 radical (unpaired) electrons. The first-order chi connectivity index (χ1) is 7.25. The quantitative estimate of drug-likeness (QED) is 0.807. The molecular weight excluding hydrogens is 188 g/mol. The van der Waals surface area contributed by atoms with Crippen molar-refractivity contribution in [1.82, 2.24) is 0 Å². The maximum absolute atomic E-state index is 10.8. The molecular formula is C12H16N2O. The van der Waals surface area contributed by atoms with Crippen LogP contribution in [0.4, 0.5) is 5.69 Å². The fourth-order valence-electron chi connectivity index (χ4n) is 2.04. The Morgan fingerprint density at radius 2 is 2.07 bits per heavy atom. The SMILES string of the molecule is NC(=O)Cc1cccc(N2CCCC2)c1. The molecule has 0 saturated carbocycles. The number of hydrogen-bond donors (Lipinski definition) is 1. The summed E-state index contributed by atoms with van der Waals surface area (Å²) in [6, 6.07) is 8.10. The van der Waals surface area contributed by atoms with Crippen LogP contribution in [-0.2, 0) is 11.2 Å². The van der Waals surface area contributed by atoms with Crippen molar-refractivity contribution in [3.8, 4) is 0 Å². The number of carbonyl (C=O) groups excluding carboxylic acids is 1. The van der Waals surface area contributed by atoms with Crippen LogP contribution in [0.25, 0.3) is 0 Å². The van der Waals surface area contributed by atoms with Crippen molar-refractivity contribution in [2.75, 3.05) is 18.0 Å². The summed E-state index contributed by atoms with van der Waals surface area (Å²) in [5.74, 6) is -0.270. The number of amides is 1. The van der Waals surface area contributed by atoms with Crippen molar-refractivity contribution in [2.45, 2.75) is 19.3 Å². The van der Waals surface area contributed by atoms with Crippen molar-refractivity contribution in [3.63, 3.8) is 0 Å². The Bertz CT molecular complexity index is 356. The highest BCUT2D eigenvalue weighted by Crippen LogP contribution is 2.21. The lowest BCUT2D eigenvalue weighted by Gasteiger charge is -2.18. The summed E-state index contributed by atoms with van der Waals surface area (Å²) < 4.78 is 0. The lowest BCUT2D eigenvalue weighted by Crippen LogP contribution is -2.18. The van der Waals surface area contributed by atoms with Crippen LogP contribution in [0.3, 0.4) is 0 Å². The lowest BCUT2D eigenvalue weighted by atomic mass is 10.1. The highest BCUT2D eigenvalue weighted by atomic mass is 16.1. The molecule has 0 spiro atoms. The maximum atomic E-state index is 10.8. The van der Waals surface area contributed by atoms with Gasteiger partial charge >= 0.3 is 0 Å². The molecule has 0 aliphatic carbocycles. The van der Waals surface area contributed by atoms with Gasteiger partial charge in [-0.2, -0.15) is 0 Å². The van der Waals surface area contributed by atoms with E-state index in [2.05, 4.69) is 17.0 Å². The van der Waals surface area contributed by atoms with Gasteiger partial charge in [0.1, 0.15) is 0 Å². The Hall–Kier alpha value is -1.51. The molecule has 1 aliphatic rings. The molecule has 3 nitrogen and oxygen atoms in total. The normalized spacial score (nSPS) is 15.6. The number of nitrogens with two attached hydrogens (primary N) is 1. The fourth-order valence-corrected chi connectivity index (χ4v) is 2.04. The summed E-state index contributed by atoms with van der Waals surface area (Å²) in [6.45, 7) is 2.25. The van der Waals surface area contributed by atoms with Crippen LogP contribution in [0.2, 0.25) is 0 Å². The van der Waals surface area contributed by atoms with Crippen molar-refractivity contribution < 1.29 is 4.79 Å². The summed E-state index contributed by atoms with van der Waals surface area (Å²) in [6.07, 6.45) is 2.86. The summed E-state index contributed by atoms with van der Waals surface area (Å²) in [5.41, 5.74) is 7.40. The Morgan fingerprint density at radius 3 is 2.73 bits per heavy atom. The predicted molar refractivity (Wildman–Crippen MR) is 60.8 cm³/mol. The number of nitrogens with zero attached hydrogens (tertiary/aromatic N) is 1. The van der Waals surface area contributed by atoms with Gasteiger partial charge in [0.25, 0.3) is 0 Å². The van der Waals surface area contributed by atoms with E-state index in [0.717, 1.165) is 18.7 Å². The second-order valence-electron chi connectivity index (χ2n) is 4.01. The van der Waals surface area contributed by atoms with Crippen LogP contribution in [0, 0.1) is 0 Å². The molecule has 0 aromatic heterocycles. The van der Waals surface area contributed by atoms with Gasteiger partial charge in [-0.1, -0.05) is 12.1 Å². The Morgan fingerprint density at radius 1 is 1.33 bits per heavy atom. The summed E-state index contributed by atoms with van der Waals surface area (Å²) >= 11 is 0. The van der Waals surface area contributed by atoms with Gasteiger partial charge in [0.15, 0.2) is 0 Å². The second kappa shape index (κ2) is 4.34. The van der Waals surface area contributed by atoms with Crippen LogP contribution < -0.4 is 10.6 Å². The fraction of sp³-hybridized carbons (Fsp3) is 0.417. The third-order valence-electron chi connectivity index (χ3n) is 2.76. The van der Waals surface area contributed by atoms with Gasteiger partial charge in [0.2, 0.25) is 5.91 Å². The van der Waals surface area contributed by atoms with E-state index in [1.54, 1.807) is 0 Å². The lowest BCUT2D eigenvalue weighted by molar-refractivity contribution is -0.117. The maximum Gasteiger partial charge on any atom is 0.221 e. The molecule has 2 rings (SSSR count). The third kappa shape index (κ3) is 2.49. The monoisotopic (exact) mass is 204 g/mol. The first-order valence-corrected chi connectivity index (χ1v) is 5.38. The standard InChI is InChI=1S/C12H16N2O/c13-12(15)9-10-4-3-5-11(8-10)14-6-1-2-7-14/h3-5,8H,1-2,6-7,9H2,(H2,13,15). The van der Waals surface area contributed by atoms with Gasteiger partial charge in [0.05, 0.1) is 6.42 Å². The molecule has 1 aromatic rings. The van der Waals surface area contributed by atoms with E-state index >= 15 is 0 Å². The minimum absolute atomic E-state index is 0.270. The van der Waals surface area contributed by atoms with Crippen molar-refractivity contribution in [2.24, 2.45) is 5.73 Å². The third-order valence-corrected chi connectivity index (χ3v) is 2.76. The largest absolute Gasteiger partial charge is 0.372 e. The molecule has 80 valence electrons. The van der Waals surface area contributed by atoms with E-state index in [0.29, 0.717) is 6.42 Å². The minimum atomic E-state index is -0.270.